The Hall–Kier alpha value is -4.55. The molecule has 0 fully saturated rings. The summed E-state index contributed by atoms with van der Waals surface area (Å²) >= 11 is 0. The number of rotatable bonds is 10. The van der Waals surface area contributed by atoms with Crippen LogP contribution in [0.2, 0.25) is 0 Å². The zero-order valence-corrected chi connectivity index (χ0v) is 18.8. The maximum absolute atomic E-state index is 12.4. The van der Waals surface area contributed by atoms with Crippen molar-refractivity contribution >= 4 is 23.5 Å². The molecule has 0 heterocycles. The molecule has 2 rings (SSSR count). The first kappa shape index (κ1) is 25.7. The van der Waals surface area contributed by atoms with E-state index in [9.17, 15) is 24.5 Å². The lowest BCUT2D eigenvalue weighted by Gasteiger charge is -2.12. The van der Waals surface area contributed by atoms with Crippen molar-refractivity contribution in [2.45, 2.75) is 6.92 Å². The minimum Gasteiger partial charge on any atom is -0.493 e. The molecule has 0 aliphatic heterocycles. The number of nitrogens with zero attached hydrogens (tertiary/aromatic N) is 1. The molecule has 0 radical (unpaired) electrons. The molecular formula is C21H23N3O10. The number of hydrazine groups is 1. The van der Waals surface area contributed by atoms with E-state index in [4.69, 9.17) is 23.7 Å². The third-order valence-corrected chi connectivity index (χ3v) is 4.29. The molecule has 0 aliphatic carbocycles. The highest BCUT2D eigenvalue weighted by molar-refractivity contribution is 5.97. The monoisotopic (exact) mass is 477 g/mol. The number of amides is 2. The first-order valence-electron chi connectivity index (χ1n) is 9.73. The van der Waals surface area contributed by atoms with E-state index in [0.717, 1.165) is 12.1 Å². The molecule has 0 aliphatic rings. The molecule has 0 saturated carbocycles. The molecule has 2 aromatic carbocycles. The van der Waals surface area contributed by atoms with Gasteiger partial charge in [-0.25, -0.2) is 4.79 Å². The van der Waals surface area contributed by atoms with Crippen LogP contribution in [0.15, 0.2) is 30.3 Å². The number of benzene rings is 2. The molecule has 0 atom stereocenters. The van der Waals surface area contributed by atoms with E-state index in [1.54, 1.807) is 6.92 Å². The van der Waals surface area contributed by atoms with Crippen molar-refractivity contribution < 1.29 is 43.0 Å². The molecule has 34 heavy (non-hydrogen) atoms. The minimum atomic E-state index is -1.14. The standard InChI is InChI=1S/C21H23N3O10/c1-5-33-18-9-13(14(24(28)29)10-17(18)32-4)21(27)34-11-19(25)22-23-20(26)12-6-7-15(30-2)16(8-12)31-3/h6-10H,5,11H2,1-4H3,(H,22,25)(H,23,26). The number of carbonyl (C=O) groups is 3. The Balaban J connectivity index is 2.02. The van der Waals surface area contributed by atoms with Crippen LogP contribution in [0.3, 0.4) is 0 Å². The number of nitro benzene ring substituents is 1. The fourth-order valence-corrected chi connectivity index (χ4v) is 2.71. The van der Waals surface area contributed by atoms with E-state index in [-0.39, 0.29) is 23.7 Å². The van der Waals surface area contributed by atoms with Crippen LogP contribution in [0.1, 0.15) is 27.6 Å². The number of nitro groups is 1. The van der Waals surface area contributed by atoms with Gasteiger partial charge < -0.3 is 23.7 Å². The SMILES string of the molecule is CCOc1cc(C(=O)OCC(=O)NNC(=O)c2ccc(OC)c(OC)c2)c([N+](=O)[O-])cc1OC. The molecule has 2 aromatic rings. The number of esters is 1. The zero-order valence-electron chi connectivity index (χ0n) is 18.8. The molecule has 0 bridgehead atoms. The first-order valence-corrected chi connectivity index (χ1v) is 9.73. The van der Waals surface area contributed by atoms with Crippen LogP contribution in [0.5, 0.6) is 23.0 Å². The number of carbonyl (C=O) groups excluding carboxylic acids is 3. The topological polar surface area (TPSA) is 165 Å². The predicted octanol–water partition coefficient (Wildman–Crippen LogP) is 1.64. The van der Waals surface area contributed by atoms with Gasteiger partial charge in [0.2, 0.25) is 0 Å². The molecule has 13 nitrogen and oxygen atoms in total. The Morgan fingerprint density at radius 2 is 1.56 bits per heavy atom. The van der Waals surface area contributed by atoms with Crippen molar-refractivity contribution in [2.24, 2.45) is 0 Å². The summed E-state index contributed by atoms with van der Waals surface area (Å²) in [5.74, 6) is -1.83. The number of nitrogens with one attached hydrogen (secondary N) is 2. The molecule has 0 unspecified atom stereocenters. The zero-order chi connectivity index (χ0) is 25.3. The molecule has 182 valence electrons. The number of ether oxygens (including phenoxy) is 5. The summed E-state index contributed by atoms with van der Waals surface area (Å²) in [7, 11) is 4.14. The maximum atomic E-state index is 12.4. The normalized spacial score (nSPS) is 10.0. The summed E-state index contributed by atoms with van der Waals surface area (Å²) in [6.07, 6.45) is 0. The van der Waals surface area contributed by atoms with Crippen molar-refractivity contribution in [3.05, 3.63) is 51.6 Å². The van der Waals surface area contributed by atoms with Crippen LogP contribution >= 0.6 is 0 Å². The first-order chi connectivity index (χ1) is 16.2. The average Bonchev–Trinajstić information content (AvgIpc) is 2.84. The van der Waals surface area contributed by atoms with Crippen molar-refractivity contribution in [3.63, 3.8) is 0 Å². The molecular weight excluding hydrogens is 454 g/mol. The predicted molar refractivity (Wildman–Crippen MR) is 116 cm³/mol. The molecule has 0 spiro atoms. The Morgan fingerprint density at radius 1 is 0.912 bits per heavy atom. The van der Waals surface area contributed by atoms with Crippen LogP contribution in [0.4, 0.5) is 5.69 Å². The van der Waals surface area contributed by atoms with Crippen LogP contribution < -0.4 is 29.8 Å². The van der Waals surface area contributed by atoms with Gasteiger partial charge in [-0.05, 0) is 25.1 Å². The second-order valence-electron chi connectivity index (χ2n) is 6.36. The number of hydrogen-bond donors (Lipinski definition) is 2. The second-order valence-corrected chi connectivity index (χ2v) is 6.36. The summed E-state index contributed by atoms with van der Waals surface area (Å²) in [4.78, 5) is 47.2. The molecule has 0 saturated heterocycles. The van der Waals surface area contributed by atoms with E-state index in [2.05, 4.69) is 10.9 Å². The van der Waals surface area contributed by atoms with E-state index in [0.29, 0.717) is 11.5 Å². The molecule has 0 aromatic heterocycles. The minimum absolute atomic E-state index is 0.0562. The van der Waals surface area contributed by atoms with E-state index in [1.807, 2.05) is 0 Å². The van der Waals surface area contributed by atoms with Crippen molar-refractivity contribution in [3.8, 4) is 23.0 Å². The Morgan fingerprint density at radius 3 is 2.15 bits per heavy atom. The van der Waals surface area contributed by atoms with Gasteiger partial charge in [0, 0.05) is 11.6 Å². The quantitative estimate of drug-likeness (QED) is 0.292. The fourth-order valence-electron chi connectivity index (χ4n) is 2.71. The smallest absolute Gasteiger partial charge is 0.345 e. The van der Waals surface area contributed by atoms with Crippen molar-refractivity contribution in [1.29, 1.82) is 0 Å². The van der Waals surface area contributed by atoms with E-state index >= 15 is 0 Å². The van der Waals surface area contributed by atoms with E-state index < -0.39 is 40.6 Å². The average molecular weight is 477 g/mol. The van der Waals surface area contributed by atoms with Crippen LogP contribution in [0.25, 0.3) is 0 Å². The summed E-state index contributed by atoms with van der Waals surface area (Å²) < 4.78 is 25.4. The van der Waals surface area contributed by atoms with Gasteiger partial charge in [0.1, 0.15) is 5.56 Å². The fraction of sp³-hybridized carbons (Fsp3) is 0.286. The van der Waals surface area contributed by atoms with Gasteiger partial charge in [-0.2, -0.15) is 0 Å². The molecule has 2 amide bonds. The van der Waals surface area contributed by atoms with Gasteiger partial charge in [-0.1, -0.05) is 0 Å². The highest BCUT2D eigenvalue weighted by Gasteiger charge is 2.26. The summed E-state index contributed by atoms with van der Waals surface area (Å²) in [5.41, 5.74) is 3.36. The highest BCUT2D eigenvalue weighted by Crippen LogP contribution is 2.35. The lowest BCUT2D eigenvalue weighted by molar-refractivity contribution is -0.385. The molecule has 2 N–H and O–H groups in total. The number of methoxy groups -OCH3 is 3. The van der Waals surface area contributed by atoms with Gasteiger partial charge in [0.15, 0.2) is 29.6 Å². The van der Waals surface area contributed by atoms with Crippen LogP contribution in [0, 0.1) is 10.1 Å². The molecule has 13 heteroatoms. The number of hydrogen-bond acceptors (Lipinski definition) is 10. The Kier molecular flexibility index (Phi) is 9.00. The second kappa shape index (κ2) is 11.9. The van der Waals surface area contributed by atoms with E-state index in [1.165, 1.54) is 39.5 Å². The summed E-state index contributed by atoms with van der Waals surface area (Å²) in [6.45, 7) is 1.07. The third kappa shape index (κ3) is 6.25. The highest BCUT2D eigenvalue weighted by atomic mass is 16.6. The summed E-state index contributed by atoms with van der Waals surface area (Å²) in [6, 6.07) is 6.47. The van der Waals surface area contributed by atoms with Gasteiger partial charge in [0.25, 0.3) is 17.5 Å². The van der Waals surface area contributed by atoms with Crippen LogP contribution in [-0.4, -0.2) is 57.3 Å². The largest absolute Gasteiger partial charge is 0.493 e. The van der Waals surface area contributed by atoms with Crippen LogP contribution in [-0.2, 0) is 9.53 Å². The third-order valence-electron chi connectivity index (χ3n) is 4.29. The van der Waals surface area contributed by atoms with Crippen molar-refractivity contribution in [1.82, 2.24) is 10.9 Å². The lowest BCUT2D eigenvalue weighted by atomic mass is 10.1. The van der Waals surface area contributed by atoms with Gasteiger partial charge in [0.05, 0.1) is 38.9 Å². The summed E-state index contributed by atoms with van der Waals surface area (Å²) in [5, 5.41) is 11.4. The lowest BCUT2D eigenvalue weighted by Crippen LogP contribution is -2.43. The van der Waals surface area contributed by atoms with Gasteiger partial charge >= 0.3 is 5.97 Å². The van der Waals surface area contributed by atoms with Crippen molar-refractivity contribution in [2.75, 3.05) is 34.5 Å². The maximum Gasteiger partial charge on any atom is 0.345 e. The Bertz CT molecular complexity index is 1090. The van der Waals surface area contributed by atoms with Gasteiger partial charge in [-0.3, -0.25) is 30.6 Å². The van der Waals surface area contributed by atoms with Gasteiger partial charge in [-0.15, -0.1) is 0 Å². The Labute approximate surface area is 194 Å².